The molecule has 0 bridgehead atoms. The van der Waals surface area contributed by atoms with Crippen molar-refractivity contribution >= 4 is 11.3 Å². The van der Waals surface area contributed by atoms with Gasteiger partial charge in [0.25, 0.3) is 0 Å². The summed E-state index contributed by atoms with van der Waals surface area (Å²) in [7, 11) is 0. The lowest BCUT2D eigenvalue weighted by Gasteiger charge is -2.36. The first kappa shape index (κ1) is 12.8. The van der Waals surface area contributed by atoms with Crippen LogP contribution < -0.4 is 0 Å². The fourth-order valence-corrected chi connectivity index (χ4v) is 3.74. The SMILES string of the molecule is c1ccc([C@@H]2Cn3ccnc3CN2Cc2cccs2)cc1. The Bertz CT molecular complexity index is 703. The van der Waals surface area contributed by atoms with Crippen LogP contribution in [0.1, 0.15) is 22.3 Å². The van der Waals surface area contributed by atoms with Gasteiger partial charge >= 0.3 is 0 Å². The van der Waals surface area contributed by atoms with Crippen LogP contribution in [0.25, 0.3) is 0 Å². The Hall–Kier alpha value is -1.91. The molecule has 0 aliphatic carbocycles. The minimum Gasteiger partial charge on any atom is -0.332 e. The number of hydrogen-bond acceptors (Lipinski definition) is 3. The van der Waals surface area contributed by atoms with Crippen LogP contribution in [0.5, 0.6) is 0 Å². The molecule has 1 aromatic carbocycles. The zero-order valence-electron chi connectivity index (χ0n) is 11.7. The second kappa shape index (κ2) is 5.47. The van der Waals surface area contributed by atoms with Gasteiger partial charge < -0.3 is 4.57 Å². The van der Waals surface area contributed by atoms with Crippen LogP contribution in [-0.2, 0) is 19.6 Å². The van der Waals surface area contributed by atoms with Gasteiger partial charge in [0.15, 0.2) is 0 Å². The van der Waals surface area contributed by atoms with Crippen LogP contribution in [0.4, 0.5) is 0 Å². The van der Waals surface area contributed by atoms with E-state index < -0.39 is 0 Å². The van der Waals surface area contributed by atoms with Crippen molar-refractivity contribution in [2.24, 2.45) is 0 Å². The van der Waals surface area contributed by atoms with Gasteiger partial charge in [-0.05, 0) is 17.0 Å². The molecule has 1 atom stereocenters. The number of imidazole rings is 1. The highest BCUT2D eigenvalue weighted by Crippen LogP contribution is 2.31. The molecule has 0 N–H and O–H groups in total. The van der Waals surface area contributed by atoms with E-state index in [1.54, 1.807) is 0 Å². The van der Waals surface area contributed by atoms with Crippen molar-refractivity contribution in [2.75, 3.05) is 0 Å². The maximum Gasteiger partial charge on any atom is 0.122 e. The number of fused-ring (bicyclic) bond motifs is 1. The van der Waals surface area contributed by atoms with Gasteiger partial charge in [-0.25, -0.2) is 4.98 Å². The Morgan fingerprint density at radius 2 is 2.05 bits per heavy atom. The third-order valence-corrected chi connectivity index (χ3v) is 4.94. The highest BCUT2D eigenvalue weighted by Gasteiger charge is 2.27. The first-order chi connectivity index (χ1) is 10.4. The van der Waals surface area contributed by atoms with E-state index in [-0.39, 0.29) is 0 Å². The molecular weight excluding hydrogens is 278 g/mol. The number of hydrogen-bond donors (Lipinski definition) is 0. The van der Waals surface area contributed by atoms with Gasteiger partial charge in [0, 0.05) is 30.4 Å². The molecule has 0 unspecified atom stereocenters. The van der Waals surface area contributed by atoms with Crippen LogP contribution in [0.15, 0.2) is 60.2 Å². The van der Waals surface area contributed by atoms with Gasteiger partial charge in [0.1, 0.15) is 5.82 Å². The topological polar surface area (TPSA) is 21.1 Å². The fourth-order valence-electron chi connectivity index (χ4n) is 3.01. The summed E-state index contributed by atoms with van der Waals surface area (Å²) < 4.78 is 2.28. The smallest absolute Gasteiger partial charge is 0.122 e. The maximum absolute atomic E-state index is 4.49. The summed E-state index contributed by atoms with van der Waals surface area (Å²) in [5.74, 6) is 1.17. The van der Waals surface area contributed by atoms with E-state index in [0.717, 1.165) is 19.6 Å². The average molecular weight is 295 g/mol. The highest BCUT2D eigenvalue weighted by atomic mass is 32.1. The van der Waals surface area contributed by atoms with E-state index in [9.17, 15) is 0 Å². The average Bonchev–Trinajstić information content (AvgIpc) is 3.18. The molecule has 1 aliphatic heterocycles. The standard InChI is InChI=1S/C17H17N3S/c1-2-5-14(6-3-1)16-12-19-9-8-18-17(19)13-20(16)11-15-7-4-10-21-15/h1-10,16H,11-13H2/t16-/m0/s1. The zero-order chi connectivity index (χ0) is 14.1. The molecule has 4 rings (SSSR count). The van der Waals surface area contributed by atoms with Crippen molar-refractivity contribution in [1.29, 1.82) is 0 Å². The molecule has 0 saturated heterocycles. The van der Waals surface area contributed by atoms with Crippen molar-refractivity contribution < 1.29 is 0 Å². The van der Waals surface area contributed by atoms with Gasteiger partial charge in [-0.3, -0.25) is 4.90 Å². The lowest BCUT2D eigenvalue weighted by molar-refractivity contribution is 0.129. The Balaban J connectivity index is 1.67. The summed E-state index contributed by atoms with van der Waals surface area (Å²) in [6.07, 6.45) is 4.00. The third kappa shape index (κ3) is 2.52. The van der Waals surface area contributed by atoms with Gasteiger partial charge in [-0.2, -0.15) is 0 Å². The van der Waals surface area contributed by atoms with Crippen LogP contribution in [-0.4, -0.2) is 14.5 Å². The summed E-state index contributed by atoms with van der Waals surface area (Å²) in [4.78, 5) is 8.43. The van der Waals surface area contributed by atoms with E-state index in [2.05, 4.69) is 68.5 Å². The molecule has 3 heterocycles. The molecule has 2 aromatic heterocycles. The number of rotatable bonds is 3. The van der Waals surface area contributed by atoms with E-state index >= 15 is 0 Å². The van der Waals surface area contributed by atoms with E-state index in [1.165, 1.54) is 16.3 Å². The highest BCUT2D eigenvalue weighted by molar-refractivity contribution is 7.09. The maximum atomic E-state index is 4.49. The second-order valence-corrected chi connectivity index (χ2v) is 6.44. The molecule has 0 spiro atoms. The summed E-state index contributed by atoms with van der Waals surface area (Å²) in [6, 6.07) is 15.6. The van der Waals surface area contributed by atoms with Crippen molar-refractivity contribution in [1.82, 2.24) is 14.5 Å². The van der Waals surface area contributed by atoms with Gasteiger partial charge in [0.2, 0.25) is 0 Å². The van der Waals surface area contributed by atoms with Crippen LogP contribution in [0.3, 0.4) is 0 Å². The molecule has 0 amide bonds. The van der Waals surface area contributed by atoms with Crippen molar-refractivity contribution in [3.05, 3.63) is 76.5 Å². The Kier molecular flexibility index (Phi) is 3.33. The van der Waals surface area contributed by atoms with Crippen molar-refractivity contribution in [3.63, 3.8) is 0 Å². The zero-order valence-corrected chi connectivity index (χ0v) is 12.5. The normalized spacial score (nSPS) is 18.6. The van der Waals surface area contributed by atoms with E-state index in [0.29, 0.717) is 6.04 Å². The van der Waals surface area contributed by atoms with Crippen LogP contribution >= 0.6 is 11.3 Å². The predicted molar refractivity (Wildman–Crippen MR) is 85.0 cm³/mol. The second-order valence-electron chi connectivity index (χ2n) is 5.41. The molecule has 4 heteroatoms. The minimum absolute atomic E-state index is 0.412. The number of nitrogens with zero attached hydrogens (tertiary/aromatic N) is 3. The van der Waals surface area contributed by atoms with E-state index in [4.69, 9.17) is 0 Å². The van der Waals surface area contributed by atoms with Crippen LogP contribution in [0, 0.1) is 0 Å². The Labute approximate surface area is 128 Å². The van der Waals surface area contributed by atoms with Crippen molar-refractivity contribution in [3.8, 4) is 0 Å². The molecule has 1 aliphatic rings. The molecule has 3 aromatic rings. The van der Waals surface area contributed by atoms with Gasteiger partial charge in [0.05, 0.1) is 12.6 Å². The third-order valence-electron chi connectivity index (χ3n) is 4.08. The summed E-state index contributed by atoms with van der Waals surface area (Å²) in [6.45, 7) is 2.87. The molecule has 21 heavy (non-hydrogen) atoms. The Morgan fingerprint density at radius 3 is 2.86 bits per heavy atom. The largest absolute Gasteiger partial charge is 0.332 e. The van der Waals surface area contributed by atoms with Gasteiger partial charge in [-0.15, -0.1) is 11.3 Å². The summed E-state index contributed by atoms with van der Waals surface area (Å²) >= 11 is 1.83. The first-order valence-corrected chi connectivity index (χ1v) is 8.09. The lowest BCUT2D eigenvalue weighted by atomic mass is 10.0. The lowest BCUT2D eigenvalue weighted by Crippen LogP contribution is -2.36. The van der Waals surface area contributed by atoms with Crippen molar-refractivity contribution in [2.45, 2.75) is 25.7 Å². The number of aromatic nitrogens is 2. The molecule has 0 fully saturated rings. The molecular formula is C17H17N3S. The summed E-state index contributed by atoms with van der Waals surface area (Å²) in [5.41, 5.74) is 1.38. The minimum atomic E-state index is 0.412. The quantitative estimate of drug-likeness (QED) is 0.734. The first-order valence-electron chi connectivity index (χ1n) is 7.21. The Morgan fingerprint density at radius 1 is 1.14 bits per heavy atom. The summed E-state index contributed by atoms with van der Waals surface area (Å²) in [5, 5.41) is 2.15. The number of thiophene rings is 1. The van der Waals surface area contributed by atoms with Gasteiger partial charge in [-0.1, -0.05) is 36.4 Å². The molecule has 106 valence electrons. The monoisotopic (exact) mass is 295 g/mol. The fraction of sp³-hybridized carbons (Fsp3) is 0.235. The van der Waals surface area contributed by atoms with E-state index in [1.807, 2.05) is 17.5 Å². The predicted octanol–water partition coefficient (Wildman–Crippen LogP) is 3.70. The molecule has 0 saturated carbocycles. The molecule has 3 nitrogen and oxygen atoms in total. The molecule has 0 radical (unpaired) electrons. The number of benzene rings is 1. The van der Waals surface area contributed by atoms with Crippen LogP contribution in [0.2, 0.25) is 0 Å².